The van der Waals surface area contributed by atoms with Gasteiger partial charge in [-0.25, -0.2) is 0 Å². The van der Waals surface area contributed by atoms with Gasteiger partial charge in [0, 0.05) is 7.05 Å². The minimum atomic E-state index is -0.896. The lowest BCUT2D eigenvalue weighted by Crippen LogP contribution is -2.35. The van der Waals surface area contributed by atoms with Crippen molar-refractivity contribution < 1.29 is 19.4 Å². The van der Waals surface area contributed by atoms with Gasteiger partial charge in [0.15, 0.2) is 6.61 Å². The Hall–Kier alpha value is -2.08. The fourth-order valence-electron chi connectivity index (χ4n) is 2.49. The van der Waals surface area contributed by atoms with Crippen LogP contribution in [-0.4, -0.2) is 36.7 Å². The molecule has 1 aliphatic rings. The standard InChI is InChI=1S/C18H25N2O4/c1-18(2,3)8-7-13(17(22)23)19-10-12-5-6-15-14(9-12)20(4)16(21)11-24-15/h5-6,9,13H,7-8,10-11H2,1-4H3,(H,22,23)/q-1. The molecule has 0 saturated carbocycles. The van der Waals surface area contributed by atoms with E-state index in [0.29, 0.717) is 24.4 Å². The summed E-state index contributed by atoms with van der Waals surface area (Å²) in [6.45, 7) is 6.60. The van der Waals surface area contributed by atoms with Crippen molar-refractivity contribution in [2.24, 2.45) is 5.41 Å². The summed E-state index contributed by atoms with van der Waals surface area (Å²) in [5.74, 6) is -0.346. The highest BCUT2D eigenvalue weighted by atomic mass is 16.5. The first-order valence-electron chi connectivity index (χ1n) is 8.09. The summed E-state index contributed by atoms with van der Waals surface area (Å²) in [6.07, 6.45) is 1.31. The number of ether oxygens (including phenoxy) is 1. The molecule has 1 unspecified atom stereocenters. The van der Waals surface area contributed by atoms with Gasteiger partial charge in [-0.3, -0.25) is 9.59 Å². The van der Waals surface area contributed by atoms with E-state index in [4.69, 9.17) is 4.74 Å². The van der Waals surface area contributed by atoms with Crippen LogP contribution in [0.1, 0.15) is 39.2 Å². The molecule has 6 nitrogen and oxygen atoms in total. The lowest BCUT2D eigenvalue weighted by atomic mass is 9.88. The fraction of sp³-hybridized carbons (Fsp3) is 0.556. The van der Waals surface area contributed by atoms with Crippen LogP contribution in [0.15, 0.2) is 18.2 Å². The molecule has 6 heteroatoms. The molecule has 1 aromatic carbocycles. The van der Waals surface area contributed by atoms with E-state index in [1.165, 1.54) is 0 Å². The number of nitrogens with zero attached hydrogens (tertiary/aromatic N) is 2. The highest BCUT2D eigenvalue weighted by molar-refractivity contribution is 5.97. The second kappa shape index (κ2) is 7.21. The number of carbonyl (C=O) groups excluding carboxylic acids is 1. The number of amides is 1. The first kappa shape index (κ1) is 18.3. The Balaban J connectivity index is 2.02. The zero-order valence-corrected chi connectivity index (χ0v) is 14.7. The first-order valence-corrected chi connectivity index (χ1v) is 8.09. The van der Waals surface area contributed by atoms with E-state index >= 15 is 0 Å². The van der Waals surface area contributed by atoms with Crippen LogP contribution < -0.4 is 9.64 Å². The largest absolute Gasteiger partial charge is 0.646 e. The van der Waals surface area contributed by atoms with Gasteiger partial charge in [0.2, 0.25) is 0 Å². The zero-order valence-electron chi connectivity index (χ0n) is 14.7. The molecular formula is C18H25N2O4-. The number of hydrogen-bond acceptors (Lipinski definition) is 3. The van der Waals surface area contributed by atoms with Crippen molar-refractivity contribution in [1.29, 1.82) is 0 Å². The second-order valence-electron chi connectivity index (χ2n) is 7.34. The number of likely N-dealkylation sites (N-methyl/N-ethyl adjacent to an activating group) is 1. The number of rotatable bonds is 6. The van der Waals surface area contributed by atoms with Gasteiger partial charge in [0.25, 0.3) is 11.9 Å². The van der Waals surface area contributed by atoms with E-state index in [1.807, 2.05) is 12.1 Å². The van der Waals surface area contributed by atoms with E-state index < -0.39 is 12.0 Å². The smallest absolute Gasteiger partial charge is 0.285 e. The highest BCUT2D eigenvalue weighted by Crippen LogP contribution is 2.33. The maximum atomic E-state index is 11.7. The summed E-state index contributed by atoms with van der Waals surface area (Å²) < 4.78 is 5.39. The molecule has 1 heterocycles. The molecule has 24 heavy (non-hydrogen) atoms. The molecule has 0 aromatic heterocycles. The summed E-state index contributed by atoms with van der Waals surface area (Å²) in [5.41, 5.74) is 1.64. The molecule has 0 saturated heterocycles. The van der Waals surface area contributed by atoms with Gasteiger partial charge in [-0.15, -0.1) is 6.54 Å². The highest BCUT2D eigenvalue weighted by Gasteiger charge is 2.22. The van der Waals surface area contributed by atoms with Gasteiger partial charge in [-0.2, -0.15) is 0 Å². The molecule has 0 radical (unpaired) electrons. The molecule has 1 amide bonds. The van der Waals surface area contributed by atoms with Crippen molar-refractivity contribution >= 4 is 17.6 Å². The van der Waals surface area contributed by atoms with E-state index in [9.17, 15) is 14.7 Å². The van der Waals surface area contributed by atoms with E-state index in [2.05, 4.69) is 26.1 Å². The first-order chi connectivity index (χ1) is 11.2. The van der Waals surface area contributed by atoms with Crippen LogP contribution in [0.3, 0.4) is 0 Å². The zero-order chi connectivity index (χ0) is 17.9. The molecule has 0 fully saturated rings. The van der Waals surface area contributed by atoms with Crippen molar-refractivity contribution in [3.63, 3.8) is 0 Å². The Labute approximate surface area is 142 Å². The summed E-state index contributed by atoms with van der Waals surface area (Å²) in [6, 6.07) is 4.78. The molecule has 1 N–H and O–H groups in total. The fourth-order valence-corrected chi connectivity index (χ4v) is 2.49. The molecule has 1 atom stereocenters. The average Bonchev–Trinajstić information content (AvgIpc) is 2.50. The van der Waals surface area contributed by atoms with E-state index in [1.54, 1.807) is 18.0 Å². The molecule has 0 bridgehead atoms. The van der Waals surface area contributed by atoms with Crippen LogP contribution in [0.25, 0.3) is 5.32 Å². The number of aliphatic carboxylic acids is 1. The Kier molecular flexibility index (Phi) is 5.49. The average molecular weight is 333 g/mol. The molecule has 132 valence electrons. The van der Waals surface area contributed by atoms with Crippen LogP contribution in [0.5, 0.6) is 5.75 Å². The van der Waals surface area contributed by atoms with Gasteiger partial charge < -0.3 is 20.1 Å². The number of fused-ring (bicyclic) bond motifs is 1. The van der Waals surface area contributed by atoms with Crippen LogP contribution in [0.4, 0.5) is 5.69 Å². The quantitative estimate of drug-likeness (QED) is 0.867. The van der Waals surface area contributed by atoms with Crippen LogP contribution in [-0.2, 0) is 16.1 Å². The molecule has 0 spiro atoms. The number of carboxylic acids is 1. The molecule has 0 aliphatic carbocycles. The maximum absolute atomic E-state index is 11.7. The van der Waals surface area contributed by atoms with Crippen molar-refractivity contribution in [3.05, 3.63) is 29.1 Å². The normalized spacial score (nSPS) is 15.7. The topological polar surface area (TPSA) is 80.9 Å². The predicted octanol–water partition coefficient (Wildman–Crippen LogP) is 3.20. The number of benzene rings is 1. The van der Waals surface area contributed by atoms with Crippen LogP contribution in [0.2, 0.25) is 0 Å². The monoisotopic (exact) mass is 333 g/mol. The molecule has 2 rings (SSSR count). The number of anilines is 1. The second-order valence-corrected chi connectivity index (χ2v) is 7.34. The van der Waals surface area contributed by atoms with Gasteiger partial charge in [0.05, 0.1) is 5.69 Å². The Morgan fingerprint density at radius 2 is 2.12 bits per heavy atom. The van der Waals surface area contributed by atoms with Crippen molar-refractivity contribution in [1.82, 2.24) is 0 Å². The predicted molar refractivity (Wildman–Crippen MR) is 92.5 cm³/mol. The Bertz CT molecular complexity index is 622. The van der Waals surface area contributed by atoms with Gasteiger partial charge in [0.1, 0.15) is 5.75 Å². The molecule has 1 aliphatic heterocycles. The third-order valence-electron chi connectivity index (χ3n) is 4.06. The summed E-state index contributed by atoms with van der Waals surface area (Å²) in [5, 5.41) is 13.7. The summed E-state index contributed by atoms with van der Waals surface area (Å²) >= 11 is 0. The Morgan fingerprint density at radius 1 is 1.42 bits per heavy atom. The minimum Gasteiger partial charge on any atom is -0.646 e. The summed E-state index contributed by atoms with van der Waals surface area (Å²) in [4.78, 5) is 24.7. The number of carbonyl (C=O) groups is 2. The van der Waals surface area contributed by atoms with Crippen molar-refractivity contribution in [3.8, 4) is 5.75 Å². The maximum Gasteiger partial charge on any atom is 0.285 e. The van der Waals surface area contributed by atoms with E-state index in [-0.39, 0.29) is 17.9 Å². The lowest BCUT2D eigenvalue weighted by Gasteiger charge is -2.32. The Morgan fingerprint density at radius 3 is 2.75 bits per heavy atom. The third kappa shape index (κ3) is 4.71. The summed E-state index contributed by atoms with van der Waals surface area (Å²) in [7, 11) is 1.70. The number of hydrogen-bond donors (Lipinski definition) is 1. The van der Waals surface area contributed by atoms with Gasteiger partial charge in [-0.1, -0.05) is 38.8 Å². The molecule has 1 aromatic rings. The SMILES string of the molecule is CN1C(=O)COc2ccc(C[N-]C(CCC(C)(C)C)C(=O)O)cc21. The minimum absolute atomic E-state index is 0.0428. The van der Waals surface area contributed by atoms with Gasteiger partial charge in [-0.05, 0) is 30.0 Å². The van der Waals surface area contributed by atoms with E-state index in [0.717, 1.165) is 12.0 Å². The van der Waals surface area contributed by atoms with Crippen molar-refractivity contribution in [2.75, 3.05) is 18.6 Å². The van der Waals surface area contributed by atoms with Crippen molar-refractivity contribution in [2.45, 2.75) is 46.2 Å². The molecular weight excluding hydrogens is 308 g/mol. The number of carboxylic acid groups (broad SMARTS) is 1. The van der Waals surface area contributed by atoms with Crippen LogP contribution >= 0.6 is 0 Å². The third-order valence-corrected chi connectivity index (χ3v) is 4.06. The van der Waals surface area contributed by atoms with Crippen LogP contribution in [0, 0.1) is 5.41 Å². The lowest BCUT2D eigenvalue weighted by molar-refractivity contribution is -0.138. The van der Waals surface area contributed by atoms with Gasteiger partial charge >= 0.3 is 0 Å².